The van der Waals surface area contributed by atoms with E-state index in [2.05, 4.69) is 15.4 Å². The SMILES string of the molecule is CNC(=O)c1ccc(NC(=O)COCC(=O)O)cc1. The van der Waals surface area contributed by atoms with Crippen LogP contribution in [0.5, 0.6) is 0 Å². The maximum Gasteiger partial charge on any atom is 0.329 e. The van der Waals surface area contributed by atoms with Gasteiger partial charge in [0.05, 0.1) is 0 Å². The fourth-order valence-electron chi connectivity index (χ4n) is 1.28. The Labute approximate surface area is 109 Å². The minimum Gasteiger partial charge on any atom is -0.480 e. The summed E-state index contributed by atoms with van der Waals surface area (Å²) in [6.07, 6.45) is 0. The molecule has 1 aromatic carbocycles. The number of hydrogen-bond acceptors (Lipinski definition) is 4. The molecule has 0 aliphatic heterocycles. The molecule has 3 N–H and O–H groups in total. The Balaban J connectivity index is 2.46. The molecule has 19 heavy (non-hydrogen) atoms. The van der Waals surface area contributed by atoms with Gasteiger partial charge in [0, 0.05) is 18.3 Å². The van der Waals surface area contributed by atoms with E-state index in [1.54, 1.807) is 24.3 Å². The molecule has 1 rings (SSSR count). The highest BCUT2D eigenvalue weighted by molar-refractivity contribution is 5.95. The van der Waals surface area contributed by atoms with Gasteiger partial charge in [0.25, 0.3) is 5.91 Å². The number of nitrogens with one attached hydrogen (secondary N) is 2. The minimum absolute atomic E-state index is 0.220. The molecule has 0 bridgehead atoms. The predicted octanol–water partition coefficient (Wildman–Crippen LogP) is 0.0859. The van der Waals surface area contributed by atoms with Crippen LogP contribution in [0.4, 0.5) is 5.69 Å². The Bertz CT molecular complexity index is 470. The maximum atomic E-state index is 11.4. The van der Waals surface area contributed by atoms with Gasteiger partial charge in [0.1, 0.15) is 13.2 Å². The van der Waals surface area contributed by atoms with Crippen LogP contribution in [0.3, 0.4) is 0 Å². The molecule has 7 heteroatoms. The van der Waals surface area contributed by atoms with Gasteiger partial charge in [0.2, 0.25) is 5.91 Å². The smallest absolute Gasteiger partial charge is 0.329 e. The van der Waals surface area contributed by atoms with E-state index in [0.29, 0.717) is 11.3 Å². The summed E-state index contributed by atoms with van der Waals surface area (Å²) in [6, 6.07) is 6.26. The number of hydrogen-bond donors (Lipinski definition) is 3. The van der Waals surface area contributed by atoms with Gasteiger partial charge in [-0.1, -0.05) is 0 Å². The van der Waals surface area contributed by atoms with E-state index in [1.165, 1.54) is 7.05 Å². The first-order valence-electron chi connectivity index (χ1n) is 5.44. The molecular formula is C12H14N2O5. The number of carbonyl (C=O) groups is 3. The molecule has 7 nitrogen and oxygen atoms in total. The lowest BCUT2D eigenvalue weighted by Crippen LogP contribution is -2.21. The monoisotopic (exact) mass is 266 g/mol. The van der Waals surface area contributed by atoms with Gasteiger partial charge >= 0.3 is 5.97 Å². The van der Waals surface area contributed by atoms with E-state index in [0.717, 1.165) is 0 Å². The van der Waals surface area contributed by atoms with Crippen molar-refractivity contribution >= 4 is 23.5 Å². The molecule has 0 aliphatic carbocycles. The van der Waals surface area contributed by atoms with Crippen LogP contribution in [0.2, 0.25) is 0 Å². The van der Waals surface area contributed by atoms with Crippen molar-refractivity contribution in [1.82, 2.24) is 5.32 Å². The number of carboxylic acid groups (broad SMARTS) is 1. The van der Waals surface area contributed by atoms with Crippen molar-refractivity contribution in [1.29, 1.82) is 0 Å². The summed E-state index contributed by atoms with van der Waals surface area (Å²) in [6.45, 7) is -0.869. The lowest BCUT2D eigenvalue weighted by atomic mass is 10.2. The van der Waals surface area contributed by atoms with Crippen LogP contribution in [0.25, 0.3) is 0 Å². The molecule has 0 radical (unpaired) electrons. The Morgan fingerprint density at radius 1 is 1.16 bits per heavy atom. The second kappa shape index (κ2) is 7.12. The summed E-state index contributed by atoms with van der Waals surface area (Å²) in [5, 5.41) is 13.3. The summed E-state index contributed by atoms with van der Waals surface area (Å²) >= 11 is 0. The topological polar surface area (TPSA) is 105 Å². The summed E-state index contributed by atoms with van der Waals surface area (Å²) in [7, 11) is 1.53. The van der Waals surface area contributed by atoms with Crippen molar-refractivity contribution in [3.63, 3.8) is 0 Å². The van der Waals surface area contributed by atoms with Gasteiger partial charge < -0.3 is 20.5 Å². The molecule has 0 fully saturated rings. The van der Waals surface area contributed by atoms with E-state index in [9.17, 15) is 14.4 Å². The van der Waals surface area contributed by atoms with Crippen molar-refractivity contribution < 1.29 is 24.2 Å². The summed E-state index contributed by atoms with van der Waals surface area (Å²) in [5.41, 5.74) is 0.971. The van der Waals surface area contributed by atoms with Crippen molar-refractivity contribution in [3.05, 3.63) is 29.8 Å². The number of aliphatic carboxylic acids is 1. The van der Waals surface area contributed by atoms with Crippen LogP contribution in [-0.2, 0) is 14.3 Å². The van der Waals surface area contributed by atoms with Crippen LogP contribution in [0, 0.1) is 0 Å². The third-order valence-electron chi connectivity index (χ3n) is 2.12. The minimum atomic E-state index is -1.14. The van der Waals surface area contributed by atoms with E-state index in [4.69, 9.17) is 5.11 Å². The quantitative estimate of drug-likeness (QED) is 0.676. The molecule has 0 atom stereocenters. The number of rotatable bonds is 6. The number of carboxylic acids is 1. The van der Waals surface area contributed by atoms with Gasteiger partial charge in [-0.05, 0) is 24.3 Å². The lowest BCUT2D eigenvalue weighted by molar-refractivity contribution is -0.143. The van der Waals surface area contributed by atoms with E-state index >= 15 is 0 Å². The van der Waals surface area contributed by atoms with E-state index < -0.39 is 18.5 Å². The zero-order valence-corrected chi connectivity index (χ0v) is 10.3. The average molecular weight is 266 g/mol. The number of ether oxygens (including phenoxy) is 1. The number of anilines is 1. The lowest BCUT2D eigenvalue weighted by Gasteiger charge is -2.06. The van der Waals surface area contributed by atoms with Gasteiger partial charge in [0.15, 0.2) is 0 Å². The summed E-state index contributed by atoms with van der Waals surface area (Å²) < 4.78 is 4.63. The van der Waals surface area contributed by atoms with E-state index in [-0.39, 0.29) is 12.5 Å². The zero-order chi connectivity index (χ0) is 14.3. The molecule has 0 saturated carbocycles. The van der Waals surface area contributed by atoms with Gasteiger partial charge in [-0.3, -0.25) is 9.59 Å². The van der Waals surface area contributed by atoms with Crippen LogP contribution >= 0.6 is 0 Å². The predicted molar refractivity (Wildman–Crippen MR) is 66.9 cm³/mol. The summed E-state index contributed by atoms with van der Waals surface area (Å²) in [4.78, 5) is 32.8. The first kappa shape index (κ1) is 14.7. The Morgan fingerprint density at radius 3 is 2.32 bits per heavy atom. The fourth-order valence-corrected chi connectivity index (χ4v) is 1.28. The average Bonchev–Trinajstić information content (AvgIpc) is 2.38. The molecule has 0 aliphatic rings. The van der Waals surface area contributed by atoms with Crippen molar-refractivity contribution in [2.24, 2.45) is 0 Å². The standard InChI is InChI=1S/C12H14N2O5/c1-13-12(18)8-2-4-9(5-3-8)14-10(15)6-19-7-11(16)17/h2-5H,6-7H2,1H3,(H,13,18)(H,14,15)(H,16,17). The van der Waals surface area contributed by atoms with Gasteiger partial charge in [-0.25, -0.2) is 4.79 Å². The molecule has 2 amide bonds. The molecule has 0 aromatic heterocycles. The normalized spacial score (nSPS) is 9.74. The second-order valence-electron chi connectivity index (χ2n) is 3.59. The van der Waals surface area contributed by atoms with Crippen molar-refractivity contribution in [2.75, 3.05) is 25.6 Å². The van der Waals surface area contributed by atoms with Crippen LogP contribution in [0.15, 0.2) is 24.3 Å². The molecule has 0 unspecified atom stereocenters. The van der Waals surface area contributed by atoms with Gasteiger partial charge in [-0.15, -0.1) is 0 Å². The summed E-state index contributed by atoms with van der Waals surface area (Å²) in [5.74, 6) is -1.82. The number of benzene rings is 1. The Morgan fingerprint density at radius 2 is 1.79 bits per heavy atom. The number of carbonyl (C=O) groups excluding carboxylic acids is 2. The highest BCUT2D eigenvalue weighted by Crippen LogP contribution is 2.09. The fraction of sp³-hybridized carbons (Fsp3) is 0.250. The van der Waals surface area contributed by atoms with Crippen LogP contribution < -0.4 is 10.6 Å². The molecular weight excluding hydrogens is 252 g/mol. The molecule has 1 aromatic rings. The first-order valence-corrected chi connectivity index (χ1v) is 5.44. The van der Waals surface area contributed by atoms with Crippen molar-refractivity contribution in [2.45, 2.75) is 0 Å². The number of amides is 2. The highest BCUT2D eigenvalue weighted by atomic mass is 16.5. The van der Waals surface area contributed by atoms with Crippen molar-refractivity contribution in [3.8, 4) is 0 Å². The Kier molecular flexibility index (Phi) is 5.49. The molecule has 0 saturated heterocycles. The van der Waals surface area contributed by atoms with Crippen LogP contribution in [0.1, 0.15) is 10.4 Å². The Hall–Kier alpha value is -2.41. The third-order valence-corrected chi connectivity index (χ3v) is 2.12. The molecule has 102 valence electrons. The molecule has 0 heterocycles. The van der Waals surface area contributed by atoms with E-state index in [1.807, 2.05) is 0 Å². The third kappa shape index (κ3) is 5.17. The maximum absolute atomic E-state index is 11.4. The first-order chi connectivity index (χ1) is 9.02. The van der Waals surface area contributed by atoms with Gasteiger partial charge in [-0.2, -0.15) is 0 Å². The largest absolute Gasteiger partial charge is 0.480 e. The second-order valence-corrected chi connectivity index (χ2v) is 3.59. The van der Waals surface area contributed by atoms with Crippen LogP contribution in [-0.4, -0.2) is 43.2 Å². The molecule has 0 spiro atoms. The zero-order valence-electron chi connectivity index (χ0n) is 10.3. The highest BCUT2D eigenvalue weighted by Gasteiger charge is 2.06.